The second-order valence-electron chi connectivity index (χ2n) is 15.3. The number of Topliss-reactive ketones (excluding diaryl/α,β-unsaturated/α-hetero) is 2. The number of nitrogens with one attached hydrogen (secondary N) is 1. The zero-order chi connectivity index (χ0) is 46.6. The summed E-state index contributed by atoms with van der Waals surface area (Å²) in [6.07, 6.45) is 0.413. The first-order valence-electron chi connectivity index (χ1n) is 20.5. The third-order valence-electron chi connectivity index (χ3n) is 9.40. The fraction of sp³-hybridized carbons (Fsp3) is 0.294. The summed E-state index contributed by atoms with van der Waals surface area (Å²) in [5, 5.41) is 29.0. The van der Waals surface area contributed by atoms with Crippen LogP contribution in [0.5, 0.6) is 34.5 Å². The average Bonchev–Trinajstić information content (AvgIpc) is 3.76. The van der Waals surface area contributed by atoms with Crippen molar-refractivity contribution in [3.63, 3.8) is 0 Å². The SMILES string of the molecule is CC(C)C(O)C(=O)c1ccccc1.CC(C)CC(=O)c1ccccc1.COc1cc(-c2nc(-c3ccccc3)c(C(C)C)[nH]2)cc(OC)c1O.COc1cc(C=O)cc(OC)c1O. The molecule has 1 aromatic heterocycles. The molecule has 0 aliphatic rings. The van der Waals surface area contributed by atoms with E-state index in [9.17, 15) is 29.7 Å². The summed E-state index contributed by atoms with van der Waals surface area (Å²) in [6, 6.07) is 34.8. The lowest BCUT2D eigenvalue weighted by atomic mass is 9.98. The fourth-order valence-electron chi connectivity index (χ4n) is 5.96. The van der Waals surface area contributed by atoms with E-state index in [4.69, 9.17) is 23.9 Å². The van der Waals surface area contributed by atoms with E-state index in [2.05, 4.69) is 32.7 Å². The highest BCUT2D eigenvalue weighted by Gasteiger charge is 2.21. The predicted molar refractivity (Wildman–Crippen MR) is 247 cm³/mol. The number of aliphatic hydroxyl groups excluding tert-OH is 1. The molecule has 0 saturated carbocycles. The number of ketones is 2. The number of methoxy groups -OCH3 is 4. The summed E-state index contributed by atoms with van der Waals surface area (Å²) in [5.74, 6) is 2.46. The van der Waals surface area contributed by atoms with Gasteiger partial charge in [0.1, 0.15) is 18.2 Å². The maximum atomic E-state index is 11.5. The smallest absolute Gasteiger partial charge is 0.200 e. The molecule has 0 bridgehead atoms. The number of rotatable bonds is 14. The lowest BCUT2D eigenvalue weighted by Gasteiger charge is -2.12. The molecule has 12 nitrogen and oxygen atoms in total. The van der Waals surface area contributed by atoms with Crippen molar-refractivity contribution >= 4 is 17.9 Å². The van der Waals surface area contributed by atoms with Crippen LogP contribution >= 0.6 is 0 Å². The molecule has 12 heteroatoms. The number of aromatic amines is 1. The molecule has 0 aliphatic carbocycles. The van der Waals surface area contributed by atoms with Gasteiger partial charge in [-0.05, 0) is 42.0 Å². The summed E-state index contributed by atoms with van der Waals surface area (Å²) in [5.41, 5.74) is 5.63. The molecular formula is C51H60N2O10. The molecule has 1 unspecified atom stereocenters. The van der Waals surface area contributed by atoms with Crippen LogP contribution in [0.4, 0.5) is 0 Å². The number of aromatic hydroxyl groups is 2. The summed E-state index contributed by atoms with van der Waals surface area (Å²) in [7, 11) is 5.83. The second-order valence-corrected chi connectivity index (χ2v) is 15.3. The van der Waals surface area contributed by atoms with E-state index in [1.807, 2.05) is 80.6 Å². The summed E-state index contributed by atoms with van der Waals surface area (Å²) < 4.78 is 20.2. The van der Waals surface area contributed by atoms with Gasteiger partial charge in [-0.2, -0.15) is 0 Å². The maximum Gasteiger partial charge on any atom is 0.200 e. The van der Waals surface area contributed by atoms with Crippen LogP contribution in [0.1, 0.15) is 90.6 Å². The number of H-pyrrole nitrogens is 1. The molecular weight excluding hydrogens is 801 g/mol. The number of benzene rings is 5. The Balaban J connectivity index is 0.000000238. The second kappa shape index (κ2) is 25.1. The largest absolute Gasteiger partial charge is 0.502 e. The first-order chi connectivity index (χ1) is 30.1. The van der Waals surface area contributed by atoms with Crippen molar-refractivity contribution in [2.45, 2.75) is 60.0 Å². The molecule has 1 atom stereocenters. The van der Waals surface area contributed by atoms with Crippen molar-refractivity contribution in [1.82, 2.24) is 9.97 Å². The van der Waals surface area contributed by atoms with Gasteiger partial charge in [-0.15, -0.1) is 0 Å². The van der Waals surface area contributed by atoms with E-state index < -0.39 is 6.10 Å². The minimum absolute atomic E-state index is 0.0207. The van der Waals surface area contributed by atoms with Gasteiger partial charge in [0.2, 0.25) is 11.5 Å². The summed E-state index contributed by atoms with van der Waals surface area (Å²) in [6.45, 7) is 12.0. The van der Waals surface area contributed by atoms with E-state index in [1.54, 1.807) is 36.4 Å². The molecule has 6 rings (SSSR count). The van der Waals surface area contributed by atoms with E-state index in [0.717, 1.165) is 28.1 Å². The van der Waals surface area contributed by atoms with Gasteiger partial charge in [-0.3, -0.25) is 14.4 Å². The third-order valence-corrected chi connectivity index (χ3v) is 9.40. The Morgan fingerprint density at radius 2 is 1.06 bits per heavy atom. The topological polar surface area (TPSA) is 177 Å². The van der Waals surface area contributed by atoms with Crippen LogP contribution in [-0.2, 0) is 0 Å². The Hall–Kier alpha value is -6.92. The fourth-order valence-corrected chi connectivity index (χ4v) is 5.96. The predicted octanol–water partition coefficient (Wildman–Crippen LogP) is 10.6. The van der Waals surface area contributed by atoms with Gasteiger partial charge >= 0.3 is 0 Å². The molecule has 334 valence electrons. The number of carbonyl (C=O) groups is 3. The van der Waals surface area contributed by atoms with Crippen molar-refractivity contribution in [2.75, 3.05) is 28.4 Å². The first kappa shape index (κ1) is 50.4. The molecule has 6 aromatic rings. The van der Waals surface area contributed by atoms with E-state index in [0.29, 0.717) is 47.1 Å². The van der Waals surface area contributed by atoms with Crippen LogP contribution in [0.3, 0.4) is 0 Å². The molecule has 0 saturated heterocycles. The van der Waals surface area contributed by atoms with Gasteiger partial charge in [-0.1, -0.05) is 133 Å². The molecule has 1 heterocycles. The van der Waals surface area contributed by atoms with Crippen molar-refractivity contribution in [1.29, 1.82) is 0 Å². The van der Waals surface area contributed by atoms with Crippen LogP contribution in [0, 0.1) is 11.8 Å². The molecule has 5 aromatic carbocycles. The van der Waals surface area contributed by atoms with Gasteiger partial charge in [0.15, 0.2) is 34.6 Å². The Morgan fingerprint density at radius 3 is 1.46 bits per heavy atom. The maximum absolute atomic E-state index is 11.5. The summed E-state index contributed by atoms with van der Waals surface area (Å²) in [4.78, 5) is 41.7. The van der Waals surface area contributed by atoms with Crippen molar-refractivity contribution < 1.29 is 48.7 Å². The number of phenols is 2. The molecule has 4 N–H and O–H groups in total. The van der Waals surface area contributed by atoms with E-state index >= 15 is 0 Å². The van der Waals surface area contributed by atoms with E-state index in [1.165, 1.54) is 40.6 Å². The van der Waals surface area contributed by atoms with Crippen LogP contribution in [0.2, 0.25) is 0 Å². The van der Waals surface area contributed by atoms with Crippen molar-refractivity contribution in [3.05, 3.63) is 138 Å². The average molecular weight is 861 g/mol. The molecule has 0 fully saturated rings. The Bertz CT molecular complexity index is 2290. The van der Waals surface area contributed by atoms with Crippen molar-refractivity contribution in [3.8, 4) is 57.1 Å². The number of carbonyl (C=O) groups excluding carboxylic acids is 3. The summed E-state index contributed by atoms with van der Waals surface area (Å²) >= 11 is 0. The van der Waals surface area contributed by atoms with Crippen LogP contribution in [-0.4, -0.2) is 77.7 Å². The number of phenolic OH excluding ortho intramolecular Hbond substituents is 2. The number of nitrogens with zero attached hydrogens (tertiary/aromatic N) is 1. The third kappa shape index (κ3) is 14.6. The number of imidazole rings is 1. The van der Waals surface area contributed by atoms with Crippen LogP contribution in [0.15, 0.2) is 115 Å². The van der Waals surface area contributed by atoms with Gasteiger partial charge in [0.05, 0.1) is 34.1 Å². The highest BCUT2D eigenvalue weighted by atomic mass is 16.5. The van der Waals surface area contributed by atoms with Crippen LogP contribution < -0.4 is 18.9 Å². The van der Waals surface area contributed by atoms with Crippen LogP contribution in [0.25, 0.3) is 22.6 Å². The number of aliphatic hydroxyl groups is 1. The number of hydrogen-bond donors (Lipinski definition) is 4. The number of hydrogen-bond acceptors (Lipinski definition) is 11. The lowest BCUT2D eigenvalue weighted by Crippen LogP contribution is -2.25. The van der Waals surface area contributed by atoms with Gasteiger partial charge in [0, 0.05) is 39.9 Å². The number of ether oxygens (including phenoxy) is 4. The lowest BCUT2D eigenvalue weighted by molar-refractivity contribution is 0.0647. The van der Waals surface area contributed by atoms with Gasteiger partial charge in [0.25, 0.3) is 0 Å². The standard InChI is InChI=1S/C20H22N2O3.C11H14O2.C11H14O.C9H10O4/c1-12(2)17-18(13-8-6-5-7-9-13)22-20(21-17)14-10-15(24-3)19(23)16(11-14)25-4;1-8(2)10(12)11(13)9-6-4-3-5-7-9;1-9(2)8-11(12)10-6-4-3-5-7-10;1-12-7-3-6(5-10)4-8(13-2)9(7)11/h5-12,23H,1-4H3,(H,21,22);3-8,10,12H,1-2H3;3-7,9H,8H2,1-2H3;3-5,11H,1-2H3. The minimum atomic E-state index is -0.887. The zero-order valence-corrected chi connectivity index (χ0v) is 37.7. The molecule has 0 spiro atoms. The first-order valence-corrected chi connectivity index (χ1v) is 20.5. The quantitative estimate of drug-likeness (QED) is 0.0605. The van der Waals surface area contributed by atoms with Crippen molar-refractivity contribution in [2.24, 2.45) is 11.8 Å². The zero-order valence-electron chi connectivity index (χ0n) is 37.7. The molecule has 0 radical (unpaired) electrons. The molecule has 0 amide bonds. The normalized spacial score (nSPS) is 10.9. The highest BCUT2D eigenvalue weighted by Crippen LogP contribution is 2.41. The Labute approximate surface area is 370 Å². The van der Waals surface area contributed by atoms with Gasteiger partial charge in [-0.25, -0.2) is 4.98 Å². The number of aromatic nitrogens is 2. The van der Waals surface area contributed by atoms with E-state index in [-0.39, 0.29) is 46.4 Å². The molecule has 63 heavy (non-hydrogen) atoms. The monoisotopic (exact) mass is 860 g/mol. The number of aldehydes is 1. The highest BCUT2D eigenvalue weighted by molar-refractivity contribution is 5.99. The van der Waals surface area contributed by atoms with Gasteiger partial charge < -0.3 is 39.3 Å². The Kier molecular flexibility index (Phi) is 20.1. The minimum Gasteiger partial charge on any atom is -0.502 e. The Morgan fingerprint density at radius 1 is 0.635 bits per heavy atom. The molecule has 0 aliphatic heterocycles.